The highest BCUT2D eigenvalue weighted by atomic mass is 16.5. The minimum absolute atomic E-state index is 0.246. The van der Waals surface area contributed by atoms with Gasteiger partial charge in [0, 0.05) is 13.0 Å². The van der Waals surface area contributed by atoms with E-state index in [2.05, 4.69) is 11.8 Å². The summed E-state index contributed by atoms with van der Waals surface area (Å²) in [5.41, 5.74) is 1.76. The van der Waals surface area contributed by atoms with E-state index in [1.807, 2.05) is 24.3 Å². The number of ketones is 1. The summed E-state index contributed by atoms with van der Waals surface area (Å²) in [7, 11) is 0. The molecule has 1 rings (SSSR count). The number of benzene rings is 1. The standard InChI is InChI=1S/C18H27NO3/c1-4-12-19(13-6-7-15(3)20)14-16-8-10-17(11-9-16)18(21)22-5-2/h8-11H,4-7,12-14H2,1-3H3. The molecule has 0 radical (unpaired) electrons. The molecule has 4 heteroatoms. The average molecular weight is 305 g/mol. The van der Waals surface area contributed by atoms with E-state index in [1.54, 1.807) is 13.8 Å². The van der Waals surface area contributed by atoms with Gasteiger partial charge >= 0.3 is 5.97 Å². The third-order valence-electron chi connectivity index (χ3n) is 3.41. The molecule has 1 aromatic rings. The van der Waals surface area contributed by atoms with Crippen LogP contribution in [-0.2, 0) is 16.1 Å². The van der Waals surface area contributed by atoms with Crippen molar-refractivity contribution in [3.63, 3.8) is 0 Å². The van der Waals surface area contributed by atoms with Gasteiger partial charge < -0.3 is 9.53 Å². The highest BCUT2D eigenvalue weighted by Gasteiger charge is 2.08. The van der Waals surface area contributed by atoms with Crippen LogP contribution in [0.4, 0.5) is 0 Å². The van der Waals surface area contributed by atoms with E-state index in [0.717, 1.165) is 32.5 Å². The fourth-order valence-corrected chi connectivity index (χ4v) is 2.36. The second kappa shape index (κ2) is 10.1. The molecule has 22 heavy (non-hydrogen) atoms. The summed E-state index contributed by atoms with van der Waals surface area (Å²) >= 11 is 0. The number of carbonyl (C=O) groups excluding carboxylic acids is 2. The molecule has 0 heterocycles. The van der Waals surface area contributed by atoms with Crippen molar-refractivity contribution < 1.29 is 14.3 Å². The van der Waals surface area contributed by atoms with Gasteiger partial charge in [0.1, 0.15) is 5.78 Å². The fraction of sp³-hybridized carbons (Fsp3) is 0.556. The van der Waals surface area contributed by atoms with Crippen LogP contribution in [0.15, 0.2) is 24.3 Å². The molecule has 0 fully saturated rings. The molecule has 4 nitrogen and oxygen atoms in total. The van der Waals surface area contributed by atoms with Crippen LogP contribution in [0.1, 0.15) is 56.0 Å². The van der Waals surface area contributed by atoms with Crippen LogP contribution < -0.4 is 0 Å². The molecule has 0 saturated carbocycles. The molecular formula is C18H27NO3. The Morgan fingerprint density at radius 3 is 2.32 bits per heavy atom. The second-order valence-corrected chi connectivity index (χ2v) is 5.50. The van der Waals surface area contributed by atoms with Crippen molar-refractivity contribution >= 4 is 11.8 Å². The minimum Gasteiger partial charge on any atom is -0.462 e. The Labute approximate surface area is 133 Å². The Morgan fingerprint density at radius 2 is 1.77 bits per heavy atom. The molecule has 0 aliphatic carbocycles. The summed E-state index contributed by atoms with van der Waals surface area (Å²) in [5, 5.41) is 0. The third kappa shape index (κ3) is 6.85. The Bertz CT molecular complexity index is 468. The monoisotopic (exact) mass is 305 g/mol. The predicted molar refractivity (Wildman–Crippen MR) is 87.9 cm³/mol. The summed E-state index contributed by atoms with van der Waals surface area (Å²) in [6, 6.07) is 7.57. The molecular weight excluding hydrogens is 278 g/mol. The normalized spacial score (nSPS) is 10.7. The Morgan fingerprint density at radius 1 is 1.09 bits per heavy atom. The largest absolute Gasteiger partial charge is 0.462 e. The quantitative estimate of drug-likeness (QED) is 0.621. The van der Waals surface area contributed by atoms with Gasteiger partial charge in [-0.1, -0.05) is 19.1 Å². The number of nitrogens with zero attached hydrogens (tertiary/aromatic N) is 1. The van der Waals surface area contributed by atoms with Crippen LogP contribution in [0.3, 0.4) is 0 Å². The van der Waals surface area contributed by atoms with Gasteiger partial charge in [-0.2, -0.15) is 0 Å². The van der Waals surface area contributed by atoms with Crippen molar-refractivity contribution in [2.24, 2.45) is 0 Å². The first-order valence-electron chi connectivity index (χ1n) is 8.04. The minimum atomic E-state index is -0.277. The van der Waals surface area contributed by atoms with Crippen LogP contribution in [-0.4, -0.2) is 36.3 Å². The van der Waals surface area contributed by atoms with E-state index in [9.17, 15) is 9.59 Å². The summed E-state index contributed by atoms with van der Waals surface area (Å²) in [6.07, 6.45) is 2.62. The van der Waals surface area contributed by atoms with E-state index in [1.165, 1.54) is 5.56 Å². The molecule has 0 aliphatic heterocycles. The number of Topliss-reactive ketones (excluding diaryl/α,β-unsaturated/α-hetero) is 1. The maximum Gasteiger partial charge on any atom is 0.338 e. The highest BCUT2D eigenvalue weighted by molar-refractivity contribution is 5.89. The zero-order valence-corrected chi connectivity index (χ0v) is 13.9. The van der Waals surface area contributed by atoms with Crippen molar-refractivity contribution in [3.8, 4) is 0 Å². The van der Waals surface area contributed by atoms with Gasteiger partial charge in [-0.3, -0.25) is 4.90 Å². The molecule has 0 aromatic heterocycles. The Balaban J connectivity index is 2.57. The van der Waals surface area contributed by atoms with E-state index in [-0.39, 0.29) is 11.8 Å². The van der Waals surface area contributed by atoms with E-state index in [4.69, 9.17) is 4.74 Å². The zero-order valence-electron chi connectivity index (χ0n) is 13.9. The molecule has 0 atom stereocenters. The van der Waals surface area contributed by atoms with Gasteiger partial charge in [-0.15, -0.1) is 0 Å². The molecule has 0 bridgehead atoms. The summed E-state index contributed by atoms with van der Waals surface area (Å²) < 4.78 is 4.98. The predicted octanol–water partition coefficient (Wildman–Crippen LogP) is 3.44. The number of rotatable bonds is 10. The van der Waals surface area contributed by atoms with Gasteiger partial charge in [0.25, 0.3) is 0 Å². The van der Waals surface area contributed by atoms with Crippen LogP contribution in [0.5, 0.6) is 0 Å². The van der Waals surface area contributed by atoms with E-state index < -0.39 is 0 Å². The zero-order chi connectivity index (χ0) is 16.4. The summed E-state index contributed by atoms with van der Waals surface area (Å²) in [4.78, 5) is 25.0. The molecule has 0 amide bonds. The number of hydrogen-bond acceptors (Lipinski definition) is 4. The van der Waals surface area contributed by atoms with Crippen molar-refractivity contribution in [1.82, 2.24) is 4.90 Å². The highest BCUT2D eigenvalue weighted by Crippen LogP contribution is 2.10. The average Bonchev–Trinajstić information content (AvgIpc) is 2.48. The first kappa shape index (κ1) is 18.4. The maximum absolute atomic E-state index is 11.6. The van der Waals surface area contributed by atoms with Gasteiger partial charge in [-0.25, -0.2) is 4.79 Å². The third-order valence-corrected chi connectivity index (χ3v) is 3.41. The van der Waals surface area contributed by atoms with Crippen LogP contribution in [0, 0.1) is 0 Å². The number of esters is 1. The first-order valence-corrected chi connectivity index (χ1v) is 8.04. The van der Waals surface area contributed by atoms with Gasteiger partial charge in [0.15, 0.2) is 0 Å². The lowest BCUT2D eigenvalue weighted by Crippen LogP contribution is -2.25. The van der Waals surface area contributed by atoms with Crippen molar-refractivity contribution in [1.29, 1.82) is 0 Å². The number of carbonyl (C=O) groups is 2. The Hall–Kier alpha value is -1.68. The lowest BCUT2D eigenvalue weighted by Gasteiger charge is -2.21. The second-order valence-electron chi connectivity index (χ2n) is 5.50. The summed E-state index contributed by atoms with van der Waals surface area (Å²) in [6.45, 7) is 8.76. The summed E-state index contributed by atoms with van der Waals surface area (Å²) in [5.74, 6) is -0.0313. The van der Waals surface area contributed by atoms with Gasteiger partial charge in [0.2, 0.25) is 0 Å². The number of hydrogen-bond donors (Lipinski definition) is 0. The van der Waals surface area contributed by atoms with Crippen molar-refractivity contribution in [2.45, 2.75) is 46.6 Å². The Kier molecular flexibility index (Phi) is 8.44. The fourth-order valence-electron chi connectivity index (χ4n) is 2.36. The van der Waals surface area contributed by atoms with E-state index >= 15 is 0 Å². The molecule has 0 N–H and O–H groups in total. The topological polar surface area (TPSA) is 46.6 Å². The molecule has 0 saturated heterocycles. The van der Waals surface area contributed by atoms with E-state index in [0.29, 0.717) is 18.6 Å². The molecule has 0 spiro atoms. The van der Waals surface area contributed by atoms with Gasteiger partial charge in [-0.05, 0) is 57.5 Å². The molecule has 0 aliphatic rings. The van der Waals surface area contributed by atoms with Crippen LogP contribution in [0.25, 0.3) is 0 Å². The van der Waals surface area contributed by atoms with Gasteiger partial charge in [0.05, 0.1) is 12.2 Å². The lowest BCUT2D eigenvalue weighted by atomic mass is 10.1. The van der Waals surface area contributed by atoms with Crippen LogP contribution >= 0.6 is 0 Å². The molecule has 122 valence electrons. The number of ether oxygens (including phenoxy) is 1. The van der Waals surface area contributed by atoms with Crippen molar-refractivity contribution in [2.75, 3.05) is 19.7 Å². The van der Waals surface area contributed by atoms with Crippen LogP contribution in [0.2, 0.25) is 0 Å². The molecule has 1 aromatic carbocycles. The molecule has 0 unspecified atom stereocenters. The van der Waals surface area contributed by atoms with Crippen molar-refractivity contribution in [3.05, 3.63) is 35.4 Å². The first-order chi connectivity index (χ1) is 10.6. The maximum atomic E-state index is 11.6. The lowest BCUT2D eigenvalue weighted by molar-refractivity contribution is -0.117. The smallest absolute Gasteiger partial charge is 0.338 e. The SMILES string of the molecule is CCCN(CCCC(C)=O)Cc1ccc(C(=O)OCC)cc1.